The molecule has 1 atom stereocenters. The fraction of sp³-hybridized carbons (Fsp3) is 0.208. The molecule has 0 radical (unpaired) electrons. The van der Waals surface area contributed by atoms with Crippen molar-refractivity contribution >= 4 is 6.03 Å². The van der Waals surface area contributed by atoms with E-state index in [-0.39, 0.29) is 18.6 Å². The number of carbonyl (C=O) groups is 1. The number of fused-ring (bicyclic) bond motifs is 1. The van der Waals surface area contributed by atoms with Gasteiger partial charge in [0.1, 0.15) is 5.75 Å². The Labute approximate surface area is 170 Å². The van der Waals surface area contributed by atoms with Crippen molar-refractivity contribution < 1.29 is 14.6 Å². The van der Waals surface area contributed by atoms with E-state index >= 15 is 0 Å². The zero-order chi connectivity index (χ0) is 20.1. The minimum atomic E-state index is -0.779. The molecule has 3 aromatic rings. The Bertz CT molecular complexity index is 921. The van der Waals surface area contributed by atoms with Gasteiger partial charge in [-0.2, -0.15) is 0 Å². The standard InChI is InChI=1S/C24H24N2O3/c27-21(19-11-12-22-20(15-19)13-14-29-22)16-25-24(28)26-23(17-7-3-1-4-8-17)18-9-5-2-6-10-18/h1-12,15,21,23,27H,13-14,16H2,(H2,25,26,28)/t21-/m0/s1. The van der Waals surface area contributed by atoms with Crippen LogP contribution >= 0.6 is 0 Å². The molecule has 0 bridgehead atoms. The summed E-state index contributed by atoms with van der Waals surface area (Å²) in [6.45, 7) is 0.803. The average molecular weight is 388 g/mol. The highest BCUT2D eigenvalue weighted by Gasteiger charge is 2.19. The summed E-state index contributed by atoms with van der Waals surface area (Å²) in [5.74, 6) is 0.875. The minimum Gasteiger partial charge on any atom is -0.493 e. The van der Waals surface area contributed by atoms with E-state index in [4.69, 9.17) is 4.74 Å². The third-order valence-electron chi connectivity index (χ3n) is 5.10. The van der Waals surface area contributed by atoms with Gasteiger partial charge in [0.05, 0.1) is 18.8 Å². The molecule has 1 aliphatic rings. The number of aliphatic hydroxyl groups excluding tert-OH is 1. The number of hydrogen-bond acceptors (Lipinski definition) is 3. The molecule has 0 aliphatic carbocycles. The second kappa shape index (κ2) is 8.80. The molecule has 1 aliphatic heterocycles. The van der Waals surface area contributed by atoms with Gasteiger partial charge in [0.25, 0.3) is 0 Å². The van der Waals surface area contributed by atoms with Gasteiger partial charge in [-0.25, -0.2) is 4.79 Å². The van der Waals surface area contributed by atoms with Crippen molar-refractivity contribution in [3.8, 4) is 5.75 Å². The molecule has 4 rings (SSSR count). The van der Waals surface area contributed by atoms with Crippen LogP contribution in [-0.2, 0) is 6.42 Å². The molecule has 0 saturated carbocycles. The number of carbonyl (C=O) groups excluding carboxylic acids is 1. The first kappa shape index (κ1) is 19.0. The smallest absolute Gasteiger partial charge is 0.315 e. The monoisotopic (exact) mass is 388 g/mol. The third-order valence-corrected chi connectivity index (χ3v) is 5.10. The maximum Gasteiger partial charge on any atom is 0.315 e. The van der Waals surface area contributed by atoms with Crippen molar-refractivity contribution in [1.82, 2.24) is 10.6 Å². The van der Waals surface area contributed by atoms with Gasteiger partial charge >= 0.3 is 6.03 Å². The van der Waals surface area contributed by atoms with Gasteiger partial charge in [-0.05, 0) is 34.4 Å². The number of benzene rings is 3. The second-order valence-electron chi connectivity index (χ2n) is 7.09. The molecule has 5 heteroatoms. The first-order chi connectivity index (χ1) is 14.2. The van der Waals surface area contributed by atoms with Crippen LogP contribution < -0.4 is 15.4 Å². The van der Waals surface area contributed by atoms with Gasteiger partial charge in [0.2, 0.25) is 0 Å². The van der Waals surface area contributed by atoms with E-state index < -0.39 is 6.10 Å². The molecule has 0 fully saturated rings. The Morgan fingerprint density at radius 2 is 1.59 bits per heavy atom. The van der Waals surface area contributed by atoms with Gasteiger partial charge < -0.3 is 20.5 Å². The lowest BCUT2D eigenvalue weighted by molar-refractivity contribution is 0.172. The predicted molar refractivity (Wildman–Crippen MR) is 112 cm³/mol. The van der Waals surface area contributed by atoms with Crippen molar-refractivity contribution in [3.05, 3.63) is 101 Å². The number of amides is 2. The van der Waals surface area contributed by atoms with Crippen LogP contribution in [0, 0.1) is 0 Å². The molecule has 1 heterocycles. The van der Waals surface area contributed by atoms with Crippen LogP contribution in [0.25, 0.3) is 0 Å². The molecule has 3 aromatic carbocycles. The SMILES string of the molecule is O=C(NC[C@H](O)c1ccc2c(c1)CCO2)NC(c1ccccc1)c1ccccc1. The first-order valence-electron chi connectivity index (χ1n) is 9.78. The van der Waals surface area contributed by atoms with Crippen molar-refractivity contribution in [2.24, 2.45) is 0 Å². The molecule has 148 valence electrons. The van der Waals surface area contributed by atoms with E-state index in [9.17, 15) is 9.90 Å². The van der Waals surface area contributed by atoms with Crippen LogP contribution in [0.15, 0.2) is 78.9 Å². The minimum absolute atomic E-state index is 0.127. The second-order valence-corrected chi connectivity index (χ2v) is 7.09. The van der Waals surface area contributed by atoms with Crippen molar-refractivity contribution in [2.75, 3.05) is 13.2 Å². The number of nitrogens with one attached hydrogen (secondary N) is 2. The summed E-state index contributed by atoms with van der Waals surface area (Å²) in [6, 6.07) is 24.7. The van der Waals surface area contributed by atoms with E-state index in [0.29, 0.717) is 6.61 Å². The summed E-state index contributed by atoms with van der Waals surface area (Å²) >= 11 is 0. The van der Waals surface area contributed by atoms with Crippen LogP contribution in [0.4, 0.5) is 4.79 Å². The first-order valence-corrected chi connectivity index (χ1v) is 9.78. The Morgan fingerprint density at radius 1 is 0.931 bits per heavy atom. The lowest BCUT2D eigenvalue weighted by Gasteiger charge is -2.21. The molecule has 5 nitrogen and oxygen atoms in total. The van der Waals surface area contributed by atoms with Gasteiger partial charge in [0.15, 0.2) is 0 Å². The molecular weight excluding hydrogens is 364 g/mol. The number of urea groups is 1. The normalized spacial score (nSPS) is 13.4. The Kier molecular flexibility index (Phi) is 5.77. The molecule has 0 unspecified atom stereocenters. The van der Waals surface area contributed by atoms with E-state index in [1.807, 2.05) is 78.9 Å². The van der Waals surface area contributed by atoms with Gasteiger partial charge in [-0.3, -0.25) is 0 Å². The third kappa shape index (κ3) is 4.58. The Morgan fingerprint density at radius 3 is 2.24 bits per heavy atom. The summed E-state index contributed by atoms with van der Waals surface area (Å²) in [5.41, 5.74) is 3.86. The maximum atomic E-state index is 12.6. The summed E-state index contributed by atoms with van der Waals surface area (Å²) in [4.78, 5) is 12.6. The van der Waals surface area contributed by atoms with E-state index in [1.165, 1.54) is 0 Å². The van der Waals surface area contributed by atoms with E-state index in [2.05, 4.69) is 10.6 Å². The molecule has 3 N–H and O–H groups in total. The molecule has 2 amide bonds. The van der Waals surface area contributed by atoms with Crippen molar-refractivity contribution in [2.45, 2.75) is 18.6 Å². The molecule has 0 aromatic heterocycles. The fourth-order valence-electron chi connectivity index (χ4n) is 3.55. The summed E-state index contributed by atoms with van der Waals surface area (Å²) in [7, 11) is 0. The number of rotatable bonds is 6. The highest BCUT2D eigenvalue weighted by Crippen LogP contribution is 2.28. The lowest BCUT2D eigenvalue weighted by Crippen LogP contribution is -2.40. The maximum absolute atomic E-state index is 12.6. The number of ether oxygens (including phenoxy) is 1. The predicted octanol–water partition coefficient (Wildman–Crippen LogP) is 3.74. The van der Waals surface area contributed by atoms with Gasteiger partial charge in [-0.1, -0.05) is 66.7 Å². The summed E-state index contributed by atoms with van der Waals surface area (Å²) in [5, 5.41) is 16.3. The van der Waals surface area contributed by atoms with Crippen LogP contribution in [0.2, 0.25) is 0 Å². The Balaban J connectivity index is 1.40. The topological polar surface area (TPSA) is 70.6 Å². The zero-order valence-electron chi connectivity index (χ0n) is 16.0. The molecule has 0 spiro atoms. The molecule has 29 heavy (non-hydrogen) atoms. The lowest BCUT2D eigenvalue weighted by atomic mass is 9.99. The van der Waals surface area contributed by atoms with Crippen LogP contribution in [0.1, 0.15) is 34.4 Å². The van der Waals surface area contributed by atoms with E-state index in [1.54, 1.807) is 0 Å². The van der Waals surface area contributed by atoms with Gasteiger partial charge in [-0.15, -0.1) is 0 Å². The average Bonchev–Trinajstić information content (AvgIpc) is 3.25. The van der Waals surface area contributed by atoms with Crippen LogP contribution in [-0.4, -0.2) is 24.3 Å². The highest BCUT2D eigenvalue weighted by molar-refractivity contribution is 5.75. The zero-order valence-corrected chi connectivity index (χ0v) is 16.0. The van der Waals surface area contributed by atoms with Crippen LogP contribution in [0.5, 0.6) is 5.75 Å². The molecular formula is C24H24N2O3. The van der Waals surface area contributed by atoms with Crippen molar-refractivity contribution in [1.29, 1.82) is 0 Å². The molecule has 0 saturated heterocycles. The quantitative estimate of drug-likeness (QED) is 0.602. The van der Waals surface area contributed by atoms with Crippen molar-refractivity contribution in [3.63, 3.8) is 0 Å². The summed E-state index contributed by atoms with van der Waals surface area (Å²) < 4.78 is 5.50. The fourth-order valence-corrected chi connectivity index (χ4v) is 3.55. The van der Waals surface area contributed by atoms with Crippen LogP contribution in [0.3, 0.4) is 0 Å². The largest absolute Gasteiger partial charge is 0.493 e. The Hall–Kier alpha value is -3.31. The highest BCUT2D eigenvalue weighted by atomic mass is 16.5. The van der Waals surface area contributed by atoms with Gasteiger partial charge in [0, 0.05) is 13.0 Å². The number of aliphatic hydroxyl groups is 1. The summed E-state index contributed by atoms with van der Waals surface area (Å²) in [6.07, 6.45) is 0.0677. The van der Waals surface area contributed by atoms with E-state index in [0.717, 1.165) is 34.4 Å². The number of hydrogen-bond donors (Lipinski definition) is 3.